The predicted molar refractivity (Wildman–Crippen MR) is 71.2 cm³/mol. The Hall–Kier alpha value is -1.92. The van der Waals surface area contributed by atoms with Gasteiger partial charge in [-0.25, -0.2) is 9.48 Å². The van der Waals surface area contributed by atoms with Crippen LogP contribution in [0.25, 0.3) is 0 Å². The number of nitrogens with one attached hydrogen (secondary N) is 1. The molecule has 1 aromatic heterocycles. The maximum absolute atomic E-state index is 11.8. The molecule has 7 heteroatoms. The van der Waals surface area contributed by atoms with Crippen LogP contribution in [0, 0.1) is 5.41 Å². The van der Waals surface area contributed by atoms with E-state index in [1.54, 1.807) is 0 Å². The van der Waals surface area contributed by atoms with Gasteiger partial charge < -0.3 is 10.4 Å². The SMILES string of the molecule is CCCC1(CNC(=O)Cn2cc(C(=O)O)nn2)CCC1. The van der Waals surface area contributed by atoms with Crippen LogP contribution < -0.4 is 5.32 Å². The second-order valence-electron chi connectivity index (χ2n) is 5.49. The van der Waals surface area contributed by atoms with E-state index in [-0.39, 0.29) is 23.6 Å². The maximum Gasteiger partial charge on any atom is 0.358 e. The first-order valence-electron chi connectivity index (χ1n) is 6.95. The Morgan fingerprint density at radius 3 is 2.75 bits per heavy atom. The topological polar surface area (TPSA) is 97.1 Å². The average Bonchev–Trinajstić information content (AvgIpc) is 2.81. The third-order valence-electron chi connectivity index (χ3n) is 3.92. The Bertz CT molecular complexity index is 494. The maximum atomic E-state index is 11.8. The van der Waals surface area contributed by atoms with Crippen LogP contribution >= 0.6 is 0 Å². The Balaban J connectivity index is 1.81. The van der Waals surface area contributed by atoms with Crippen LogP contribution in [-0.4, -0.2) is 38.5 Å². The summed E-state index contributed by atoms with van der Waals surface area (Å²) >= 11 is 0. The summed E-state index contributed by atoms with van der Waals surface area (Å²) in [5.74, 6) is -1.30. The fourth-order valence-corrected chi connectivity index (χ4v) is 2.69. The van der Waals surface area contributed by atoms with Gasteiger partial charge in [0.1, 0.15) is 6.54 Å². The second kappa shape index (κ2) is 6.02. The first-order chi connectivity index (χ1) is 9.54. The Morgan fingerprint density at radius 2 is 2.25 bits per heavy atom. The van der Waals surface area contributed by atoms with E-state index in [1.165, 1.54) is 30.1 Å². The van der Waals surface area contributed by atoms with Crippen LogP contribution in [0.5, 0.6) is 0 Å². The van der Waals surface area contributed by atoms with Gasteiger partial charge in [0.2, 0.25) is 5.91 Å². The number of hydrogen-bond donors (Lipinski definition) is 2. The summed E-state index contributed by atoms with van der Waals surface area (Å²) in [5.41, 5.74) is 0.123. The minimum atomic E-state index is -1.15. The zero-order valence-corrected chi connectivity index (χ0v) is 11.6. The number of aromatic carboxylic acids is 1. The summed E-state index contributed by atoms with van der Waals surface area (Å²) in [6.07, 6.45) is 7.11. The zero-order valence-electron chi connectivity index (χ0n) is 11.6. The molecule has 0 spiro atoms. The van der Waals surface area contributed by atoms with Crippen molar-refractivity contribution >= 4 is 11.9 Å². The Kier molecular flexibility index (Phi) is 4.36. The molecule has 1 amide bonds. The van der Waals surface area contributed by atoms with Gasteiger partial charge in [-0.3, -0.25) is 4.79 Å². The molecule has 0 bridgehead atoms. The molecular formula is C13H20N4O3. The lowest BCUT2D eigenvalue weighted by atomic mass is 9.66. The molecule has 1 saturated carbocycles. The van der Waals surface area contributed by atoms with E-state index in [0.29, 0.717) is 6.54 Å². The van der Waals surface area contributed by atoms with Crippen LogP contribution in [0.1, 0.15) is 49.5 Å². The van der Waals surface area contributed by atoms with Crippen LogP contribution in [0.15, 0.2) is 6.20 Å². The van der Waals surface area contributed by atoms with Crippen molar-refractivity contribution < 1.29 is 14.7 Å². The van der Waals surface area contributed by atoms with Gasteiger partial charge in [-0.1, -0.05) is 25.0 Å². The zero-order chi connectivity index (χ0) is 14.6. The van der Waals surface area contributed by atoms with Crippen molar-refractivity contribution in [3.63, 3.8) is 0 Å². The summed E-state index contributed by atoms with van der Waals surface area (Å²) in [6, 6.07) is 0. The third kappa shape index (κ3) is 3.34. The highest BCUT2D eigenvalue weighted by Crippen LogP contribution is 2.44. The highest BCUT2D eigenvalue weighted by atomic mass is 16.4. The number of carboxylic acids is 1. The molecule has 0 saturated heterocycles. The fraction of sp³-hybridized carbons (Fsp3) is 0.692. The predicted octanol–water partition coefficient (Wildman–Crippen LogP) is 1.06. The van der Waals surface area contributed by atoms with Crippen molar-refractivity contribution in [3.05, 3.63) is 11.9 Å². The molecule has 0 atom stereocenters. The molecular weight excluding hydrogens is 260 g/mol. The summed E-state index contributed by atoms with van der Waals surface area (Å²) in [5, 5.41) is 18.7. The van der Waals surface area contributed by atoms with Gasteiger partial charge >= 0.3 is 5.97 Å². The van der Waals surface area contributed by atoms with Crippen molar-refractivity contribution in [2.45, 2.75) is 45.6 Å². The van der Waals surface area contributed by atoms with Gasteiger partial charge in [0.05, 0.1) is 6.20 Å². The smallest absolute Gasteiger partial charge is 0.358 e. The van der Waals surface area contributed by atoms with E-state index in [0.717, 1.165) is 12.8 Å². The number of hydrogen-bond acceptors (Lipinski definition) is 4. The van der Waals surface area contributed by atoms with E-state index >= 15 is 0 Å². The van der Waals surface area contributed by atoms with E-state index in [1.807, 2.05) is 0 Å². The van der Waals surface area contributed by atoms with Gasteiger partial charge in [0.15, 0.2) is 5.69 Å². The molecule has 2 rings (SSSR count). The lowest BCUT2D eigenvalue weighted by Crippen LogP contribution is -2.43. The second-order valence-corrected chi connectivity index (χ2v) is 5.49. The average molecular weight is 280 g/mol. The van der Waals surface area contributed by atoms with Crippen LogP contribution in [0.3, 0.4) is 0 Å². The molecule has 0 unspecified atom stereocenters. The fourth-order valence-electron chi connectivity index (χ4n) is 2.69. The van der Waals surface area contributed by atoms with Crippen molar-refractivity contribution in [2.75, 3.05) is 6.54 Å². The van der Waals surface area contributed by atoms with Crippen molar-refractivity contribution in [1.29, 1.82) is 0 Å². The number of carbonyl (C=O) groups excluding carboxylic acids is 1. The van der Waals surface area contributed by atoms with Crippen molar-refractivity contribution in [2.24, 2.45) is 5.41 Å². The number of amides is 1. The van der Waals surface area contributed by atoms with Gasteiger partial charge in [-0.05, 0) is 24.7 Å². The largest absolute Gasteiger partial charge is 0.476 e. The highest BCUT2D eigenvalue weighted by molar-refractivity contribution is 5.84. The number of carbonyl (C=O) groups is 2. The molecule has 1 aromatic rings. The lowest BCUT2D eigenvalue weighted by molar-refractivity contribution is -0.122. The van der Waals surface area contributed by atoms with Crippen LogP contribution in [0.4, 0.5) is 0 Å². The summed E-state index contributed by atoms with van der Waals surface area (Å²) in [4.78, 5) is 22.5. The summed E-state index contributed by atoms with van der Waals surface area (Å²) in [6.45, 7) is 2.85. The van der Waals surface area contributed by atoms with Gasteiger partial charge in [0, 0.05) is 6.54 Å². The third-order valence-corrected chi connectivity index (χ3v) is 3.92. The minimum Gasteiger partial charge on any atom is -0.476 e. The van der Waals surface area contributed by atoms with E-state index in [9.17, 15) is 9.59 Å². The van der Waals surface area contributed by atoms with Crippen molar-refractivity contribution in [3.8, 4) is 0 Å². The molecule has 1 aliphatic rings. The van der Waals surface area contributed by atoms with Gasteiger partial charge in [-0.15, -0.1) is 5.10 Å². The highest BCUT2D eigenvalue weighted by Gasteiger charge is 2.35. The van der Waals surface area contributed by atoms with Crippen molar-refractivity contribution in [1.82, 2.24) is 20.3 Å². The van der Waals surface area contributed by atoms with E-state index in [4.69, 9.17) is 5.11 Å². The molecule has 2 N–H and O–H groups in total. The Labute approximate surface area is 117 Å². The molecule has 20 heavy (non-hydrogen) atoms. The molecule has 0 aliphatic heterocycles. The molecule has 1 heterocycles. The standard InChI is InChI=1S/C13H20N4O3/c1-2-4-13(5-3-6-13)9-14-11(18)8-17-7-10(12(19)20)15-16-17/h7H,2-6,8-9H2,1H3,(H,14,18)(H,19,20). The monoisotopic (exact) mass is 280 g/mol. The van der Waals surface area contributed by atoms with Gasteiger partial charge in [-0.2, -0.15) is 0 Å². The van der Waals surface area contributed by atoms with E-state index in [2.05, 4.69) is 22.6 Å². The number of nitrogens with zero attached hydrogens (tertiary/aromatic N) is 3. The lowest BCUT2D eigenvalue weighted by Gasteiger charge is -2.42. The number of carboxylic acid groups (broad SMARTS) is 1. The molecule has 0 aromatic carbocycles. The molecule has 7 nitrogen and oxygen atoms in total. The van der Waals surface area contributed by atoms with Crippen LogP contribution in [0.2, 0.25) is 0 Å². The molecule has 1 aliphatic carbocycles. The number of rotatable bonds is 7. The summed E-state index contributed by atoms with van der Waals surface area (Å²) < 4.78 is 1.24. The Morgan fingerprint density at radius 1 is 1.50 bits per heavy atom. The minimum absolute atomic E-state index is 0.00247. The van der Waals surface area contributed by atoms with E-state index < -0.39 is 5.97 Å². The first-order valence-corrected chi connectivity index (χ1v) is 6.95. The normalized spacial score (nSPS) is 16.4. The summed E-state index contributed by atoms with van der Waals surface area (Å²) in [7, 11) is 0. The molecule has 1 fully saturated rings. The molecule has 0 radical (unpaired) electrons. The number of aromatic nitrogens is 3. The van der Waals surface area contributed by atoms with Crippen LogP contribution in [-0.2, 0) is 11.3 Å². The molecule has 110 valence electrons. The quantitative estimate of drug-likeness (QED) is 0.778. The van der Waals surface area contributed by atoms with Gasteiger partial charge in [0.25, 0.3) is 0 Å². The first kappa shape index (κ1) is 14.5.